The third kappa shape index (κ3) is 1.77. The van der Waals surface area contributed by atoms with Crippen LogP contribution in [0.15, 0.2) is 0 Å². The number of imide groups is 1. The molecule has 2 aliphatic rings. The van der Waals surface area contributed by atoms with Gasteiger partial charge in [0.05, 0.1) is 5.54 Å². The lowest BCUT2D eigenvalue weighted by Gasteiger charge is -2.42. The predicted octanol–water partition coefficient (Wildman–Crippen LogP) is 0.135. The summed E-state index contributed by atoms with van der Waals surface area (Å²) in [6.07, 6.45) is 1.31. The van der Waals surface area contributed by atoms with Crippen molar-refractivity contribution in [1.82, 2.24) is 4.90 Å². The first-order chi connectivity index (χ1) is 8.03. The Morgan fingerprint density at radius 2 is 1.71 bits per heavy atom. The Labute approximate surface area is 101 Å². The fourth-order valence-corrected chi connectivity index (χ4v) is 2.68. The van der Waals surface area contributed by atoms with E-state index < -0.39 is 5.54 Å². The van der Waals surface area contributed by atoms with Gasteiger partial charge in [-0.05, 0) is 12.8 Å². The number of carbonyl (C=O) groups is 2. The Morgan fingerprint density at radius 3 is 2.12 bits per heavy atom. The molecule has 0 saturated carbocycles. The zero-order valence-electron chi connectivity index (χ0n) is 10.4. The number of carbonyl (C=O) groups excluding carboxylic acids is 2. The summed E-state index contributed by atoms with van der Waals surface area (Å²) in [6.45, 7) is 5.09. The van der Waals surface area contributed by atoms with E-state index in [1.54, 1.807) is 0 Å². The van der Waals surface area contributed by atoms with Gasteiger partial charge in [-0.25, -0.2) is 0 Å². The Kier molecular flexibility index (Phi) is 3.23. The number of amides is 2. The van der Waals surface area contributed by atoms with Crippen LogP contribution in [0, 0.1) is 11.8 Å². The topological polar surface area (TPSA) is 72.6 Å². The average molecular weight is 240 g/mol. The highest BCUT2D eigenvalue weighted by atomic mass is 16.5. The molecule has 2 fully saturated rings. The summed E-state index contributed by atoms with van der Waals surface area (Å²) in [6, 6.07) is 0. The van der Waals surface area contributed by atoms with E-state index in [4.69, 9.17) is 10.5 Å². The number of likely N-dealkylation sites (tertiary alicyclic amines) is 1. The monoisotopic (exact) mass is 240 g/mol. The SMILES string of the molecule is CC1C(=O)N(C2(CN)CCOCC2)C(=O)C1C. The molecule has 2 atom stereocenters. The Balaban J connectivity index is 2.31. The summed E-state index contributed by atoms with van der Waals surface area (Å²) >= 11 is 0. The highest BCUT2D eigenvalue weighted by molar-refractivity contribution is 6.05. The fraction of sp³-hybridized carbons (Fsp3) is 0.833. The molecule has 2 unspecified atom stereocenters. The highest BCUT2D eigenvalue weighted by Crippen LogP contribution is 2.36. The third-order valence-corrected chi connectivity index (χ3v) is 4.25. The van der Waals surface area contributed by atoms with Crippen molar-refractivity contribution in [2.24, 2.45) is 17.6 Å². The number of nitrogens with zero attached hydrogens (tertiary/aromatic N) is 1. The third-order valence-electron chi connectivity index (χ3n) is 4.25. The second-order valence-corrected chi connectivity index (χ2v) is 5.13. The van der Waals surface area contributed by atoms with Crippen LogP contribution < -0.4 is 5.73 Å². The molecule has 2 rings (SSSR count). The lowest BCUT2D eigenvalue weighted by Crippen LogP contribution is -2.59. The maximum atomic E-state index is 12.2. The molecule has 2 N–H and O–H groups in total. The van der Waals surface area contributed by atoms with Gasteiger partial charge < -0.3 is 10.5 Å². The van der Waals surface area contributed by atoms with Crippen molar-refractivity contribution in [3.63, 3.8) is 0 Å². The molecular weight excluding hydrogens is 220 g/mol. The van der Waals surface area contributed by atoms with Crippen LogP contribution in [-0.4, -0.2) is 42.0 Å². The number of ether oxygens (including phenoxy) is 1. The second kappa shape index (κ2) is 4.38. The van der Waals surface area contributed by atoms with Crippen molar-refractivity contribution >= 4 is 11.8 Å². The summed E-state index contributed by atoms with van der Waals surface area (Å²) in [7, 11) is 0. The second-order valence-electron chi connectivity index (χ2n) is 5.13. The van der Waals surface area contributed by atoms with E-state index in [0.717, 1.165) is 0 Å². The first-order valence-electron chi connectivity index (χ1n) is 6.19. The van der Waals surface area contributed by atoms with Crippen LogP contribution in [0.2, 0.25) is 0 Å². The molecular formula is C12H20N2O3. The van der Waals surface area contributed by atoms with E-state index in [9.17, 15) is 9.59 Å². The van der Waals surface area contributed by atoms with Gasteiger partial charge in [-0.3, -0.25) is 14.5 Å². The molecule has 0 aromatic rings. The van der Waals surface area contributed by atoms with Crippen LogP contribution in [0.4, 0.5) is 0 Å². The van der Waals surface area contributed by atoms with E-state index in [2.05, 4.69) is 0 Å². The highest BCUT2D eigenvalue weighted by Gasteiger charge is 2.52. The summed E-state index contributed by atoms with van der Waals surface area (Å²) in [4.78, 5) is 25.8. The number of nitrogens with two attached hydrogens (primary N) is 1. The van der Waals surface area contributed by atoms with Gasteiger partial charge in [0.25, 0.3) is 0 Å². The van der Waals surface area contributed by atoms with Crippen molar-refractivity contribution in [1.29, 1.82) is 0 Å². The Hall–Kier alpha value is -0.940. The predicted molar refractivity (Wildman–Crippen MR) is 62.0 cm³/mol. The molecule has 0 aliphatic carbocycles. The molecule has 0 aromatic heterocycles. The molecule has 0 bridgehead atoms. The van der Waals surface area contributed by atoms with Gasteiger partial charge in [0.2, 0.25) is 11.8 Å². The zero-order valence-corrected chi connectivity index (χ0v) is 10.4. The molecule has 2 heterocycles. The van der Waals surface area contributed by atoms with Crippen molar-refractivity contribution < 1.29 is 14.3 Å². The first-order valence-corrected chi connectivity index (χ1v) is 6.19. The fourth-order valence-electron chi connectivity index (χ4n) is 2.68. The minimum absolute atomic E-state index is 0.0742. The first kappa shape index (κ1) is 12.5. The maximum absolute atomic E-state index is 12.2. The smallest absolute Gasteiger partial charge is 0.233 e. The number of rotatable bonds is 2. The maximum Gasteiger partial charge on any atom is 0.233 e. The van der Waals surface area contributed by atoms with Crippen LogP contribution in [0.1, 0.15) is 26.7 Å². The normalized spacial score (nSPS) is 33.2. The van der Waals surface area contributed by atoms with E-state index in [1.165, 1.54) is 4.90 Å². The van der Waals surface area contributed by atoms with Gasteiger partial charge in [0, 0.05) is 31.6 Å². The van der Waals surface area contributed by atoms with Crippen molar-refractivity contribution in [3.05, 3.63) is 0 Å². The largest absolute Gasteiger partial charge is 0.381 e. The quantitative estimate of drug-likeness (QED) is 0.697. The van der Waals surface area contributed by atoms with Gasteiger partial charge >= 0.3 is 0 Å². The summed E-state index contributed by atoms with van der Waals surface area (Å²) < 4.78 is 5.31. The van der Waals surface area contributed by atoms with Crippen molar-refractivity contribution in [2.45, 2.75) is 32.2 Å². The van der Waals surface area contributed by atoms with Crippen LogP contribution in [0.3, 0.4) is 0 Å². The lowest BCUT2D eigenvalue weighted by molar-refractivity contribution is -0.151. The molecule has 17 heavy (non-hydrogen) atoms. The summed E-state index contributed by atoms with van der Waals surface area (Å²) in [5.41, 5.74) is 5.32. The van der Waals surface area contributed by atoms with Crippen LogP contribution in [0.5, 0.6) is 0 Å². The van der Waals surface area contributed by atoms with Gasteiger partial charge in [-0.15, -0.1) is 0 Å². The molecule has 0 aromatic carbocycles. The van der Waals surface area contributed by atoms with E-state index in [1.807, 2.05) is 13.8 Å². The van der Waals surface area contributed by atoms with E-state index >= 15 is 0 Å². The van der Waals surface area contributed by atoms with Crippen LogP contribution >= 0.6 is 0 Å². The van der Waals surface area contributed by atoms with Crippen molar-refractivity contribution in [2.75, 3.05) is 19.8 Å². The molecule has 2 saturated heterocycles. The van der Waals surface area contributed by atoms with E-state index in [0.29, 0.717) is 32.6 Å². The minimum atomic E-state index is -0.508. The van der Waals surface area contributed by atoms with Crippen LogP contribution in [-0.2, 0) is 14.3 Å². The van der Waals surface area contributed by atoms with E-state index in [-0.39, 0.29) is 23.7 Å². The molecule has 2 aliphatic heterocycles. The molecule has 2 amide bonds. The van der Waals surface area contributed by atoms with Crippen molar-refractivity contribution in [3.8, 4) is 0 Å². The molecule has 5 nitrogen and oxygen atoms in total. The number of hydrogen-bond donors (Lipinski definition) is 1. The Bertz CT molecular complexity index is 317. The molecule has 0 spiro atoms. The summed E-state index contributed by atoms with van der Waals surface area (Å²) in [5, 5.41) is 0. The van der Waals surface area contributed by atoms with Gasteiger partial charge in [0.1, 0.15) is 0 Å². The Morgan fingerprint density at radius 1 is 1.24 bits per heavy atom. The zero-order chi connectivity index (χ0) is 12.6. The van der Waals surface area contributed by atoms with Gasteiger partial charge in [-0.2, -0.15) is 0 Å². The minimum Gasteiger partial charge on any atom is -0.381 e. The molecule has 5 heteroatoms. The lowest BCUT2D eigenvalue weighted by atomic mass is 9.88. The van der Waals surface area contributed by atoms with Gasteiger partial charge in [0.15, 0.2) is 0 Å². The molecule has 0 radical (unpaired) electrons. The molecule has 96 valence electrons. The standard InChI is InChI=1S/C12H20N2O3/c1-8-9(2)11(16)14(10(8)15)12(7-13)3-5-17-6-4-12/h8-9H,3-7,13H2,1-2H3. The number of hydrogen-bond acceptors (Lipinski definition) is 4. The van der Waals surface area contributed by atoms with Gasteiger partial charge in [-0.1, -0.05) is 13.8 Å². The summed E-state index contributed by atoms with van der Waals surface area (Å²) in [5.74, 6) is -0.604. The van der Waals surface area contributed by atoms with Crippen LogP contribution in [0.25, 0.3) is 0 Å². The average Bonchev–Trinajstić information content (AvgIpc) is 2.55.